The number of ether oxygens (including phenoxy) is 1. The third kappa shape index (κ3) is 3.47. The number of fused-ring (bicyclic) bond motifs is 2. The molecule has 0 bridgehead atoms. The maximum atomic E-state index is 13.2. The molecule has 5 rings (SSSR count). The van der Waals surface area contributed by atoms with Crippen molar-refractivity contribution in [2.75, 3.05) is 0 Å². The zero-order valence-electron chi connectivity index (χ0n) is 17.4. The van der Waals surface area contributed by atoms with Crippen molar-refractivity contribution in [3.05, 3.63) is 64.2 Å². The van der Waals surface area contributed by atoms with Crippen molar-refractivity contribution in [2.24, 2.45) is 0 Å². The predicted molar refractivity (Wildman–Crippen MR) is 115 cm³/mol. The Bertz CT molecular complexity index is 994. The van der Waals surface area contributed by atoms with Crippen LogP contribution in [0, 0.1) is 0 Å². The van der Waals surface area contributed by atoms with E-state index in [9.17, 15) is 9.59 Å². The fourth-order valence-corrected chi connectivity index (χ4v) is 5.12. The maximum Gasteiger partial charge on any atom is 0.255 e. The highest BCUT2D eigenvalue weighted by Crippen LogP contribution is 2.33. The van der Waals surface area contributed by atoms with Crippen LogP contribution in [0.2, 0.25) is 0 Å². The molecule has 2 aromatic carbocycles. The Kier molecular flexibility index (Phi) is 4.97. The molecule has 2 aliphatic heterocycles. The quantitative estimate of drug-likeness (QED) is 0.830. The van der Waals surface area contributed by atoms with Crippen LogP contribution in [-0.2, 0) is 19.5 Å². The third-order valence-electron chi connectivity index (χ3n) is 6.64. The van der Waals surface area contributed by atoms with Crippen LogP contribution < -0.4 is 10.1 Å². The molecule has 0 saturated heterocycles. The minimum atomic E-state index is -0.184. The van der Waals surface area contributed by atoms with Crippen molar-refractivity contribution in [3.8, 4) is 5.75 Å². The minimum absolute atomic E-state index is 0.0197. The highest BCUT2D eigenvalue weighted by atomic mass is 16.5. The lowest BCUT2D eigenvalue weighted by Crippen LogP contribution is -2.37. The largest absolute Gasteiger partial charge is 0.490 e. The highest BCUT2D eigenvalue weighted by molar-refractivity contribution is 6.09. The van der Waals surface area contributed by atoms with Crippen molar-refractivity contribution in [3.63, 3.8) is 0 Å². The molecule has 1 saturated carbocycles. The van der Waals surface area contributed by atoms with Gasteiger partial charge >= 0.3 is 0 Å². The Morgan fingerprint density at radius 1 is 1.13 bits per heavy atom. The highest BCUT2D eigenvalue weighted by Gasteiger charge is 2.36. The number of nitrogens with zero attached hydrogens (tertiary/aromatic N) is 1. The molecule has 156 valence electrons. The zero-order valence-corrected chi connectivity index (χ0v) is 17.4. The van der Waals surface area contributed by atoms with Crippen molar-refractivity contribution in [2.45, 2.75) is 70.7 Å². The summed E-state index contributed by atoms with van der Waals surface area (Å²) in [5, 5.41) is 3.01. The van der Waals surface area contributed by atoms with E-state index in [1.54, 1.807) is 6.07 Å². The molecular weight excluding hydrogens is 376 g/mol. The summed E-state index contributed by atoms with van der Waals surface area (Å²) in [6, 6.07) is 12.0. The fourth-order valence-electron chi connectivity index (χ4n) is 5.12. The first-order valence-electron chi connectivity index (χ1n) is 11.1. The van der Waals surface area contributed by atoms with Crippen molar-refractivity contribution in [1.82, 2.24) is 10.2 Å². The van der Waals surface area contributed by atoms with Crippen LogP contribution in [0.1, 0.15) is 76.4 Å². The number of hydrogen-bond acceptors (Lipinski definition) is 3. The normalized spacial score (nSPS) is 20.6. The average Bonchev–Trinajstić information content (AvgIpc) is 3.31. The smallest absolute Gasteiger partial charge is 0.255 e. The fraction of sp³-hybridized carbons (Fsp3) is 0.440. The lowest BCUT2D eigenvalue weighted by atomic mass is 9.94. The second kappa shape index (κ2) is 7.78. The average molecular weight is 405 g/mol. The molecule has 3 aliphatic rings. The summed E-state index contributed by atoms with van der Waals surface area (Å²) < 4.78 is 5.75. The maximum absolute atomic E-state index is 13.2. The Morgan fingerprint density at radius 3 is 2.80 bits per heavy atom. The second-order valence-electron chi connectivity index (χ2n) is 8.82. The molecule has 0 aromatic heterocycles. The number of carbonyl (C=O) groups excluding carboxylic acids is 2. The summed E-state index contributed by atoms with van der Waals surface area (Å²) in [4.78, 5) is 28.2. The third-order valence-corrected chi connectivity index (χ3v) is 6.64. The van der Waals surface area contributed by atoms with Gasteiger partial charge in [0.2, 0.25) is 0 Å². The van der Waals surface area contributed by atoms with Gasteiger partial charge in [0, 0.05) is 25.6 Å². The molecule has 2 aromatic rings. The lowest BCUT2D eigenvalue weighted by Gasteiger charge is -2.30. The zero-order chi connectivity index (χ0) is 20.7. The standard InChI is InChI=1S/C25H28N2O3/c1-16-12-19-13-17(10-11-22(19)30-16)14-26-24(28)21-9-5-6-18-15-27(25(29)23(18)21)20-7-3-2-4-8-20/h5-6,9-11,13,16,20H,2-4,7-8,12,14-15H2,1H3,(H,26,28). The first-order chi connectivity index (χ1) is 14.6. The molecule has 1 aliphatic carbocycles. The molecule has 0 radical (unpaired) electrons. The van der Waals surface area contributed by atoms with Gasteiger partial charge in [0.1, 0.15) is 11.9 Å². The van der Waals surface area contributed by atoms with E-state index in [1.807, 2.05) is 29.2 Å². The molecule has 2 heterocycles. The molecule has 5 nitrogen and oxygen atoms in total. The minimum Gasteiger partial charge on any atom is -0.490 e. The Labute approximate surface area is 177 Å². The molecule has 0 spiro atoms. The Balaban J connectivity index is 1.30. The van der Waals surface area contributed by atoms with Crippen LogP contribution in [0.5, 0.6) is 5.75 Å². The van der Waals surface area contributed by atoms with E-state index in [2.05, 4.69) is 18.3 Å². The van der Waals surface area contributed by atoms with Crippen molar-refractivity contribution < 1.29 is 14.3 Å². The van der Waals surface area contributed by atoms with Gasteiger partial charge in [-0.3, -0.25) is 9.59 Å². The monoisotopic (exact) mass is 404 g/mol. The van der Waals surface area contributed by atoms with Gasteiger partial charge in [-0.15, -0.1) is 0 Å². The lowest BCUT2D eigenvalue weighted by molar-refractivity contribution is 0.0656. The summed E-state index contributed by atoms with van der Waals surface area (Å²) in [6.45, 7) is 3.12. The van der Waals surface area contributed by atoms with Crippen LogP contribution in [0.4, 0.5) is 0 Å². The van der Waals surface area contributed by atoms with Gasteiger partial charge in [0.05, 0.1) is 11.1 Å². The first kappa shape index (κ1) is 19.2. The number of rotatable bonds is 4. The van der Waals surface area contributed by atoms with E-state index in [1.165, 1.54) is 24.8 Å². The van der Waals surface area contributed by atoms with Crippen molar-refractivity contribution in [1.29, 1.82) is 0 Å². The first-order valence-corrected chi connectivity index (χ1v) is 11.1. The van der Waals surface area contributed by atoms with Crippen LogP contribution in [-0.4, -0.2) is 28.9 Å². The molecule has 1 unspecified atom stereocenters. The van der Waals surface area contributed by atoms with Gasteiger partial charge in [0.15, 0.2) is 0 Å². The van der Waals surface area contributed by atoms with E-state index in [4.69, 9.17) is 4.74 Å². The van der Waals surface area contributed by atoms with Gasteiger partial charge in [-0.2, -0.15) is 0 Å². The van der Waals surface area contributed by atoms with E-state index in [0.29, 0.717) is 30.3 Å². The van der Waals surface area contributed by atoms with E-state index >= 15 is 0 Å². The van der Waals surface area contributed by atoms with Gasteiger partial charge < -0.3 is 15.0 Å². The molecular formula is C25H28N2O3. The topological polar surface area (TPSA) is 58.6 Å². The van der Waals surface area contributed by atoms with Gasteiger partial charge in [-0.1, -0.05) is 43.5 Å². The molecule has 1 N–H and O–H groups in total. The van der Waals surface area contributed by atoms with E-state index in [0.717, 1.165) is 36.1 Å². The molecule has 30 heavy (non-hydrogen) atoms. The molecule has 1 atom stereocenters. The Hall–Kier alpha value is -2.82. The number of nitrogens with one attached hydrogen (secondary N) is 1. The summed E-state index contributed by atoms with van der Waals surface area (Å²) >= 11 is 0. The number of hydrogen-bond donors (Lipinski definition) is 1. The summed E-state index contributed by atoms with van der Waals surface area (Å²) in [5.74, 6) is 0.772. The predicted octanol–water partition coefficient (Wildman–Crippen LogP) is 4.23. The van der Waals surface area contributed by atoms with Gasteiger partial charge in [-0.05, 0) is 48.6 Å². The molecule has 5 heteroatoms. The second-order valence-corrected chi connectivity index (χ2v) is 8.82. The summed E-state index contributed by atoms with van der Waals surface area (Å²) in [5.41, 5.74) is 4.29. The number of carbonyl (C=O) groups is 2. The summed E-state index contributed by atoms with van der Waals surface area (Å²) in [6.07, 6.45) is 6.87. The molecule has 1 fully saturated rings. The number of benzene rings is 2. The van der Waals surface area contributed by atoms with Crippen LogP contribution in [0.15, 0.2) is 36.4 Å². The molecule has 2 amide bonds. The van der Waals surface area contributed by atoms with Gasteiger partial charge in [-0.25, -0.2) is 0 Å². The van der Waals surface area contributed by atoms with Gasteiger partial charge in [0.25, 0.3) is 11.8 Å². The van der Waals surface area contributed by atoms with Crippen LogP contribution in [0.3, 0.4) is 0 Å². The van der Waals surface area contributed by atoms with Crippen LogP contribution in [0.25, 0.3) is 0 Å². The Morgan fingerprint density at radius 2 is 1.97 bits per heavy atom. The van der Waals surface area contributed by atoms with E-state index < -0.39 is 0 Å². The number of amides is 2. The van der Waals surface area contributed by atoms with Crippen LogP contribution >= 0.6 is 0 Å². The van der Waals surface area contributed by atoms with Crippen molar-refractivity contribution >= 4 is 11.8 Å². The summed E-state index contributed by atoms with van der Waals surface area (Å²) in [7, 11) is 0. The SMILES string of the molecule is CC1Cc2cc(CNC(=O)c3cccc4c3C(=O)N(C3CCCCC3)C4)ccc2O1. The van der Waals surface area contributed by atoms with E-state index in [-0.39, 0.29) is 17.9 Å².